The summed E-state index contributed by atoms with van der Waals surface area (Å²) < 4.78 is 0. The van der Waals surface area contributed by atoms with Crippen LogP contribution in [0.4, 0.5) is 0 Å². The molecule has 3 rings (SSSR count). The molecule has 3 heterocycles. The van der Waals surface area contributed by atoms with Gasteiger partial charge in [-0.15, -0.1) is 12.4 Å². The van der Waals surface area contributed by atoms with E-state index in [0.29, 0.717) is 5.92 Å². The lowest BCUT2D eigenvalue weighted by Crippen LogP contribution is -2.34. The topological polar surface area (TPSA) is 57.8 Å². The summed E-state index contributed by atoms with van der Waals surface area (Å²) in [5, 5.41) is 2.93. The van der Waals surface area contributed by atoms with Crippen LogP contribution in [-0.2, 0) is 0 Å². The molecule has 1 aliphatic rings. The number of amides is 1. The van der Waals surface area contributed by atoms with Crippen LogP contribution in [-0.4, -0.2) is 22.4 Å². The SMILES string of the molecule is CCC1CNC(=O)c2cc(-c3ccncc3)[nH]c21.Cl. The van der Waals surface area contributed by atoms with Crippen molar-refractivity contribution < 1.29 is 4.79 Å². The molecule has 2 aromatic rings. The normalized spacial score (nSPS) is 17.3. The number of hydrogen-bond donors (Lipinski definition) is 2. The van der Waals surface area contributed by atoms with Gasteiger partial charge in [0.2, 0.25) is 0 Å². The Hall–Kier alpha value is -1.81. The number of H-pyrrole nitrogens is 1. The summed E-state index contributed by atoms with van der Waals surface area (Å²) in [5.41, 5.74) is 3.88. The Kier molecular flexibility index (Phi) is 3.90. The predicted octanol–water partition coefficient (Wildman–Crippen LogP) is 2.74. The molecule has 0 fully saturated rings. The number of nitrogens with zero attached hydrogens (tertiary/aromatic N) is 1. The first kappa shape index (κ1) is 13.6. The average molecular weight is 278 g/mol. The van der Waals surface area contributed by atoms with Crippen molar-refractivity contribution in [1.29, 1.82) is 0 Å². The Bertz CT molecular complexity index is 580. The number of rotatable bonds is 2. The summed E-state index contributed by atoms with van der Waals surface area (Å²) >= 11 is 0. The monoisotopic (exact) mass is 277 g/mol. The Balaban J connectivity index is 0.00000133. The Labute approximate surface area is 118 Å². The van der Waals surface area contributed by atoms with Crippen LogP contribution in [0.3, 0.4) is 0 Å². The predicted molar refractivity (Wildman–Crippen MR) is 76.6 cm³/mol. The molecule has 0 aliphatic carbocycles. The molecule has 2 aromatic heterocycles. The summed E-state index contributed by atoms with van der Waals surface area (Å²) in [6.45, 7) is 2.86. The van der Waals surface area contributed by atoms with Crippen molar-refractivity contribution in [3.05, 3.63) is 41.9 Å². The molecule has 0 saturated heterocycles. The smallest absolute Gasteiger partial charge is 0.253 e. The highest BCUT2D eigenvalue weighted by Crippen LogP contribution is 2.30. The highest BCUT2D eigenvalue weighted by molar-refractivity contribution is 5.98. The van der Waals surface area contributed by atoms with Gasteiger partial charge >= 0.3 is 0 Å². The summed E-state index contributed by atoms with van der Waals surface area (Å²) in [5.74, 6) is 0.402. The second-order valence-corrected chi connectivity index (χ2v) is 4.56. The minimum atomic E-state index is 0. The maximum Gasteiger partial charge on any atom is 0.253 e. The third kappa shape index (κ3) is 2.36. The maximum absolute atomic E-state index is 11.8. The number of carbonyl (C=O) groups is 1. The first-order chi connectivity index (χ1) is 8.79. The number of halogens is 1. The van der Waals surface area contributed by atoms with Crippen LogP contribution in [0, 0.1) is 0 Å². The second-order valence-electron chi connectivity index (χ2n) is 4.56. The first-order valence-corrected chi connectivity index (χ1v) is 6.21. The van der Waals surface area contributed by atoms with E-state index in [0.717, 1.165) is 35.5 Å². The Morgan fingerprint density at radius 1 is 1.37 bits per heavy atom. The molecule has 1 aliphatic heterocycles. The molecule has 0 aromatic carbocycles. The van der Waals surface area contributed by atoms with E-state index in [-0.39, 0.29) is 18.3 Å². The van der Waals surface area contributed by atoms with Crippen LogP contribution in [0.1, 0.15) is 35.3 Å². The Morgan fingerprint density at radius 3 is 2.79 bits per heavy atom. The molecular formula is C14H16ClN3O. The van der Waals surface area contributed by atoms with Crippen molar-refractivity contribution in [2.24, 2.45) is 0 Å². The van der Waals surface area contributed by atoms with E-state index in [4.69, 9.17) is 0 Å². The number of aromatic amines is 1. The molecule has 1 amide bonds. The van der Waals surface area contributed by atoms with Gasteiger partial charge in [-0.3, -0.25) is 9.78 Å². The van der Waals surface area contributed by atoms with Gasteiger partial charge in [0.05, 0.1) is 5.56 Å². The highest BCUT2D eigenvalue weighted by Gasteiger charge is 2.26. The molecule has 100 valence electrons. The van der Waals surface area contributed by atoms with Gasteiger partial charge in [0.25, 0.3) is 5.91 Å². The molecule has 0 spiro atoms. The van der Waals surface area contributed by atoms with Crippen molar-refractivity contribution in [3.63, 3.8) is 0 Å². The third-order valence-corrected chi connectivity index (χ3v) is 3.49. The maximum atomic E-state index is 11.8. The fourth-order valence-corrected chi connectivity index (χ4v) is 2.43. The lowest BCUT2D eigenvalue weighted by Gasteiger charge is -2.21. The number of aromatic nitrogens is 2. The molecule has 5 heteroatoms. The van der Waals surface area contributed by atoms with E-state index in [1.165, 1.54) is 0 Å². The molecule has 2 N–H and O–H groups in total. The van der Waals surface area contributed by atoms with E-state index in [2.05, 4.69) is 22.2 Å². The van der Waals surface area contributed by atoms with Crippen molar-refractivity contribution in [2.45, 2.75) is 19.3 Å². The summed E-state index contributed by atoms with van der Waals surface area (Å²) in [6.07, 6.45) is 4.53. The quantitative estimate of drug-likeness (QED) is 0.887. The summed E-state index contributed by atoms with van der Waals surface area (Å²) in [7, 11) is 0. The van der Waals surface area contributed by atoms with E-state index in [1.54, 1.807) is 12.4 Å². The number of fused-ring (bicyclic) bond motifs is 1. The van der Waals surface area contributed by atoms with Gasteiger partial charge in [-0.25, -0.2) is 0 Å². The third-order valence-electron chi connectivity index (χ3n) is 3.49. The van der Waals surface area contributed by atoms with Crippen LogP contribution in [0.15, 0.2) is 30.6 Å². The van der Waals surface area contributed by atoms with Crippen LogP contribution >= 0.6 is 12.4 Å². The minimum Gasteiger partial charge on any atom is -0.357 e. The highest BCUT2D eigenvalue weighted by atomic mass is 35.5. The summed E-state index contributed by atoms with van der Waals surface area (Å²) in [4.78, 5) is 19.2. The molecule has 19 heavy (non-hydrogen) atoms. The standard InChI is InChI=1S/C14H15N3O.ClH/c1-2-9-8-16-14(18)11-7-12(17-13(9)11)10-3-5-15-6-4-10;/h3-7,9,17H,2,8H2,1H3,(H,16,18);1H. The number of pyridine rings is 1. The van der Waals surface area contributed by atoms with Crippen LogP contribution in [0.25, 0.3) is 11.3 Å². The van der Waals surface area contributed by atoms with Gasteiger partial charge in [0, 0.05) is 41.8 Å². The van der Waals surface area contributed by atoms with Crippen molar-refractivity contribution in [1.82, 2.24) is 15.3 Å². The van der Waals surface area contributed by atoms with Crippen molar-refractivity contribution in [3.8, 4) is 11.3 Å². The molecule has 1 atom stereocenters. The van der Waals surface area contributed by atoms with Crippen LogP contribution < -0.4 is 5.32 Å². The van der Waals surface area contributed by atoms with Gasteiger partial charge in [-0.05, 0) is 24.6 Å². The lowest BCUT2D eigenvalue weighted by atomic mass is 9.95. The van der Waals surface area contributed by atoms with E-state index in [1.807, 2.05) is 18.2 Å². The van der Waals surface area contributed by atoms with Gasteiger partial charge < -0.3 is 10.3 Å². The molecule has 1 unspecified atom stereocenters. The molecule has 0 bridgehead atoms. The van der Waals surface area contributed by atoms with Crippen molar-refractivity contribution in [2.75, 3.05) is 6.54 Å². The first-order valence-electron chi connectivity index (χ1n) is 6.21. The van der Waals surface area contributed by atoms with Crippen LogP contribution in [0.2, 0.25) is 0 Å². The molecule has 0 saturated carbocycles. The number of hydrogen-bond acceptors (Lipinski definition) is 2. The van der Waals surface area contributed by atoms with E-state index < -0.39 is 0 Å². The van der Waals surface area contributed by atoms with Gasteiger partial charge in [-0.1, -0.05) is 6.92 Å². The zero-order chi connectivity index (χ0) is 12.5. The van der Waals surface area contributed by atoms with E-state index in [9.17, 15) is 4.79 Å². The molecular weight excluding hydrogens is 262 g/mol. The van der Waals surface area contributed by atoms with Crippen LogP contribution in [0.5, 0.6) is 0 Å². The zero-order valence-electron chi connectivity index (χ0n) is 10.6. The van der Waals surface area contributed by atoms with Gasteiger partial charge in [-0.2, -0.15) is 0 Å². The number of carbonyl (C=O) groups excluding carboxylic acids is 1. The Morgan fingerprint density at radius 2 is 2.11 bits per heavy atom. The number of nitrogens with one attached hydrogen (secondary N) is 2. The summed E-state index contributed by atoms with van der Waals surface area (Å²) in [6, 6.07) is 5.81. The van der Waals surface area contributed by atoms with E-state index >= 15 is 0 Å². The average Bonchev–Trinajstić information content (AvgIpc) is 2.86. The minimum absolute atomic E-state index is 0. The fourth-order valence-electron chi connectivity index (χ4n) is 2.43. The fraction of sp³-hybridized carbons (Fsp3) is 0.286. The lowest BCUT2D eigenvalue weighted by molar-refractivity contribution is 0.0939. The van der Waals surface area contributed by atoms with Gasteiger partial charge in [0.1, 0.15) is 0 Å². The second kappa shape index (κ2) is 5.45. The molecule has 0 radical (unpaired) electrons. The zero-order valence-corrected chi connectivity index (χ0v) is 11.5. The molecule has 4 nitrogen and oxygen atoms in total. The van der Waals surface area contributed by atoms with Gasteiger partial charge in [0.15, 0.2) is 0 Å². The largest absolute Gasteiger partial charge is 0.357 e. The van der Waals surface area contributed by atoms with Crippen molar-refractivity contribution >= 4 is 18.3 Å².